The van der Waals surface area contributed by atoms with E-state index in [-0.39, 0.29) is 18.4 Å². The molecule has 8 heteroatoms. The monoisotopic (exact) mass is 464 g/mol. The number of thiophene rings is 1. The summed E-state index contributed by atoms with van der Waals surface area (Å²) in [6.45, 7) is 5.02. The SMILES string of the molecule is O=C(C1=CC(c2ccsc2)CC(OCCOCCO)O1)N1CCC(N2CCCCC2)CC1. The lowest BCUT2D eigenvalue weighted by atomic mass is 9.94. The molecule has 0 bridgehead atoms. The third-order valence-corrected chi connectivity index (χ3v) is 7.37. The fourth-order valence-corrected chi connectivity index (χ4v) is 5.63. The van der Waals surface area contributed by atoms with Gasteiger partial charge in [0.2, 0.25) is 6.29 Å². The standard InChI is InChI=1S/C24H36N2O5S/c27-11-12-29-13-14-30-23-17-20(19-6-15-32-18-19)16-22(31-23)24(28)26-9-4-21(5-10-26)25-7-2-1-3-8-25/h6,15-16,18,20-21,23,27H,1-5,7-14,17H2. The molecule has 1 amide bonds. The number of carbonyl (C=O) groups is 1. The molecule has 1 aromatic rings. The maximum atomic E-state index is 13.3. The van der Waals surface area contributed by atoms with Crippen LogP contribution in [0.15, 0.2) is 28.7 Å². The van der Waals surface area contributed by atoms with Gasteiger partial charge in [0.15, 0.2) is 5.76 Å². The Morgan fingerprint density at radius 3 is 2.66 bits per heavy atom. The second-order valence-corrected chi connectivity index (χ2v) is 9.58. The number of carbonyl (C=O) groups excluding carboxylic acids is 1. The lowest BCUT2D eigenvalue weighted by molar-refractivity contribution is -0.157. The van der Waals surface area contributed by atoms with Crippen LogP contribution in [-0.4, -0.2) is 85.8 Å². The number of allylic oxidation sites excluding steroid dienone is 1. The lowest BCUT2D eigenvalue weighted by Crippen LogP contribution is -2.49. The third-order valence-electron chi connectivity index (χ3n) is 6.67. The van der Waals surface area contributed by atoms with Crippen LogP contribution in [0.1, 0.15) is 50.0 Å². The fourth-order valence-electron chi connectivity index (χ4n) is 4.91. The summed E-state index contributed by atoms with van der Waals surface area (Å²) in [5, 5.41) is 13.0. The van der Waals surface area contributed by atoms with Gasteiger partial charge in [0.25, 0.3) is 5.91 Å². The molecule has 0 saturated carbocycles. The molecule has 2 saturated heterocycles. The predicted octanol–water partition coefficient (Wildman–Crippen LogP) is 2.96. The molecule has 3 aliphatic heterocycles. The molecule has 0 spiro atoms. The first-order chi connectivity index (χ1) is 15.7. The number of nitrogens with zero attached hydrogens (tertiary/aromatic N) is 2. The summed E-state index contributed by atoms with van der Waals surface area (Å²) in [4.78, 5) is 17.9. The molecule has 0 radical (unpaired) electrons. The number of ether oxygens (including phenoxy) is 3. The highest BCUT2D eigenvalue weighted by Crippen LogP contribution is 2.33. The Labute approximate surface area is 194 Å². The van der Waals surface area contributed by atoms with Gasteiger partial charge < -0.3 is 29.1 Å². The van der Waals surface area contributed by atoms with E-state index in [2.05, 4.69) is 21.7 Å². The minimum atomic E-state index is -0.479. The Bertz CT molecular complexity index is 727. The first-order valence-corrected chi connectivity index (χ1v) is 12.9. The smallest absolute Gasteiger partial charge is 0.288 e. The van der Waals surface area contributed by atoms with Crippen LogP contribution in [0.4, 0.5) is 0 Å². The van der Waals surface area contributed by atoms with Gasteiger partial charge in [0, 0.05) is 31.5 Å². The number of likely N-dealkylation sites (tertiary alicyclic amines) is 2. The Morgan fingerprint density at radius 1 is 1.12 bits per heavy atom. The van der Waals surface area contributed by atoms with Gasteiger partial charge in [-0.05, 0) is 67.2 Å². The van der Waals surface area contributed by atoms with Gasteiger partial charge in [-0.3, -0.25) is 4.79 Å². The molecule has 2 atom stereocenters. The summed E-state index contributed by atoms with van der Waals surface area (Å²) in [6, 6.07) is 2.71. The summed E-state index contributed by atoms with van der Waals surface area (Å²) in [5.74, 6) is 0.487. The van der Waals surface area contributed by atoms with Crippen molar-refractivity contribution in [3.05, 3.63) is 34.2 Å². The molecule has 4 heterocycles. The van der Waals surface area contributed by atoms with Crippen molar-refractivity contribution in [2.45, 2.75) is 56.8 Å². The van der Waals surface area contributed by atoms with Crippen LogP contribution in [0, 0.1) is 0 Å². The van der Waals surface area contributed by atoms with E-state index in [1.54, 1.807) is 11.3 Å². The van der Waals surface area contributed by atoms with E-state index in [0.29, 0.717) is 38.0 Å². The van der Waals surface area contributed by atoms with Crippen molar-refractivity contribution in [1.82, 2.24) is 9.80 Å². The molecule has 2 fully saturated rings. The summed E-state index contributed by atoms with van der Waals surface area (Å²) in [6.07, 6.45) is 8.19. The van der Waals surface area contributed by atoms with Gasteiger partial charge >= 0.3 is 0 Å². The molecule has 32 heavy (non-hydrogen) atoms. The lowest BCUT2D eigenvalue weighted by Gasteiger charge is -2.40. The second kappa shape index (κ2) is 12.1. The molecule has 0 aliphatic carbocycles. The highest BCUT2D eigenvalue weighted by Gasteiger charge is 2.33. The average Bonchev–Trinajstić information content (AvgIpc) is 3.39. The van der Waals surface area contributed by atoms with Crippen LogP contribution in [0.25, 0.3) is 0 Å². The van der Waals surface area contributed by atoms with Gasteiger partial charge in [-0.2, -0.15) is 11.3 Å². The van der Waals surface area contributed by atoms with Crippen LogP contribution in [0.3, 0.4) is 0 Å². The number of aliphatic hydroxyl groups is 1. The summed E-state index contributed by atoms with van der Waals surface area (Å²) < 4.78 is 17.2. The number of aliphatic hydroxyl groups excluding tert-OH is 1. The van der Waals surface area contributed by atoms with Crippen molar-refractivity contribution in [2.75, 3.05) is 52.6 Å². The van der Waals surface area contributed by atoms with Crippen molar-refractivity contribution < 1.29 is 24.1 Å². The fraction of sp³-hybridized carbons (Fsp3) is 0.708. The van der Waals surface area contributed by atoms with Gasteiger partial charge in [-0.25, -0.2) is 0 Å². The van der Waals surface area contributed by atoms with Gasteiger partial charge in [0.05, 0.1) is 26.4 Å². The van der Waals surface area contributed by atoms with Crippen molar-refractivity contribution >= 4 is 17.2 Å². The number of hydrogen-bond acceptors (Lipinski definition) is 7. The minimum Gasteiger partial charge on any atom is -0.459 e. The van der Waals surface area contributed by atoms with Crippen molar-refractivity contribution in [2.24, 2.45) is 0 Å². The molecular formula is C24H36N2O5S. The molecular weight excluding hydrogens is 428 g/mol. The normalized spacial score (nSPS) is 25.4. The van der Waals surface area contributed by atoms with Crippen LogP contribution in [-0.2, 0) is 19.0 Å². The van der Waals surface area contributed by atoms with Crippen molar-refractivity contribution in [3.63, 3.8) is 0 Å². The highest BCUT2D eigenvalue weighted by molar-refractivity contribution is 7.08. The Balaban J connectivity index is 1.34. The van der Waals surface area contributed by atoms with E-state index in [9.17, 15) is 4.79 Å². The van der Waals surface area contributed by atoms with Crippen molar-refractivity contribution in [3.8, 4) is 0 Å². The predicted molar refractivity (Wildman–Crippen MR) is 124 cm³/mol. The molecule has 4 rings (SSSR count). The van der Waals surface area contributed by atoms with Gasteiger partial charge in [-0.15, -0.1) is 0 Å². The third kappa shape index (κ3) is 6.32. The molecule has 2 unspecified atom stereocenters. The maximum Gasteiger partial charge on any atom is 0.288 e. The number of rotatable bonds is 9. The van der Waals surface area contributed by atoms with E-state index in [1.807, 2.05) is 11.0 Å². The molecule has 7 nitrogen and oxygen atoms in total. The second-order valence-electron chi connectivity index (χ2n) is 8.80. The topological polar surface area (TPSA) is 71.5 Å². The number of hydrogen-bond donors (Lipinski definition) is 1. The zero-order chi connectivity index (χ0) is 22.2. The zero-order valence-corrected chi connectivity index (χ0v) is 19.6. The Hall–Kier alpha value is -1.45. The molecule has 0 aromatic carbocycles. The van der Waals surface area contributed by atoms with Gasteiger partial charge in [-0.1, -0.05) is 6.42 Å². The Kier molecular flexibility index (Phi) is 8.99. The molecule has 1 N–H and O–H groups in total. The first kappa shape index (κ1) is 23.7. The maximum absolute atomic E-state index is 13.3. The van der Waals surface area contributed by atoms with Crippen LogP contribution < -0.4 is 0 Å². The summed E-state index contributed by atoms with van der Waals surface area (Å²) >= 11 is 1.66. The minimum absolute atomic E-state index is 0.00397. The van der Waals surface area contributed by atoms with Crippen LogP contribution in [0.2, 0.25) is 0 Å². The van der Waals surface area contributed by atoms with E-state index in [1.165, 1.54) is 37.9 Å². The highest BCUT2D eigenvalue weighted by atomic mass is 32.1. The zero-order valence-electron chi connectivity index (χ0n) is 18.8. The quantitative estimate of drug-likeness (QED) is 0.567. The molecule has 3 aliphatic rings. The van der Waals surface area contributed by atoms with Crippen molar-refractivity contribution in [1.29, 1.82) is 0 Å². The number of piperidine rings is 2. The summed E-state index contributed by atoms with van der Waals surface area (Å²) in [7, 11) is 0. The van der Waals surface area contributed by atoms with Crippen LogP contribution >= 0.6 is 11.3 Å². The molecule has 178 valence electrons. The van der Waals surface area contributed by atoms with E-state index >= 15 is 0 Å². The van der Waals surface area contributed by atoms with E-state index in [0.717, 1.165) is 25.9 Å². The summed E-state index contributed by atoms with van der Waals surface area (Å²) in [5.41, 5.74) is 1.19. The largest absolute Gasteiger partial charge is 0.459 e. The molecule has 1 aromatic heterocycles. The number of amides is 1. The van der Waals surface area contributed by atoms with E-state index < -0.39 is 6.29 Å². The van der Waals surface area contributed by atoms with E-state index in [4.69, 9.17) is 19.3 Å². The Morgan fingerprint density at radius 2 is 1.94 bits per heavy atom. The van der Waals surface area contributed by atoms with Crippen LogP contribution in [0.5, 0.6) is 0 Å². The van der Waals surface area contributed by atoms with Gasteiger partial charge in [0.1, 0.15) is 0 Å². The first-order valence-electron chi connectivity index (χ1n) is 12.0. The average molecular weight is 465 g/mol.